The van der Waals surface area contributed by atoms with Crippen LogP contribution < -0.4 is 10.6 Å². The molecule has 2 heterocycles. The van der Waals surface area contributed by atoms with Gasteiger partial charge in [0.2, 0.25) is 0 Å². The molecule has 0 atom stereocenters. The first-order valence-corrected chi connectivity index (χ1v) is 8.13. The number of hydrogen-bond acceptors (Lipinski definition) is 5. The van der Waals surface area contributed by atoms with Crippen LogP contribution in [0.25, 0.3) is 0 Å². The second kappa shape index (κ2) is 7.17. The Hall–Kier alpha value is -3.15. The molecule has 2 N–H and O–H groups in total. The molecule has 0 radical (unpaired) electrons. The Balaban J connectivity index is 1.81. The van der Waals surface area contributed by atoms with Crippen molar-refractivity contribution in [2.75, 3.05) is 10.6 Å². The molecule has 128 valence electrons. The van der Waals surface area contributed by atoms with Crippen molar-refractivity contribution >= 4 is 23.1 Å². The zero-order chi connectivity index (χ0) is 17.8. The molecule has 2 aromatic heterocycles. The highest BCUT2D eigenvalue weighted by Crippen LogP contribution is 2.25. The Kier molecular flexibility index (Phi) is 4.79. The number of para-hydroxylation sites is 1. The monoisotopic (exact) mass is 336 g/mol. The minimum Gasteiger partial charge on any atom is -0.360 e. The van der Waals surface area contributed by atoms with Crippen molar-refractivity contribution in [3.63, 3.8) is 0 Å². The predicted molar refractivity (Wildman–Crippen MR) is 97.3 cm³/mol. The van der Waals surface area contributed by atoms with Gasteiger partial charge in [0.05, 0.1) is 0 Å². The molecule has 0 aliphatic rings. The average molecular weight is 336 g/mol. The van der Waals surface area contributed by atoms with Crippen molar-refractivity contribution in [3.8, 4) is 0 Å². The minimum atomic E-state index is -0.336. The van der Waals surface area contributed by atoms with E-state index in [1.807, 2.05) is 12.1 Å². The zero-order valence-electron chi connectivity index (χ0n) is 14.5. The summed E-state index contributed by atoms with van der Waals surface area (Å²) in [6, 6.07) is 11.4. The molecule has 0 fully saturated rings. The summed E-state index contributed by atoms with van der Waals surface area (Å²) >= 11 is 0. The highest BCUT2D eigenvalue weighted by atomic mass is 16.5. The molecule has 3 rings (SSSR count). The summed E-state index contributed by atoms with van der Waals surface area (Å²) in [6.45, 7) is 5.94. The van der Waals surface area contributed by atoms with Crippen LogP contribution in [-0.2, 0) is 6.42 Å². The quantitative estimate of drug-likeness (QED) is 0.728. The number of amides is 1. The van der Waals surface area contributed by atoms with Gasteiger partial charge in [-0.1, -0.05) is 30.3 Å². The number of nitrogens with one attached hydrogen (secondary N) is 2. The number of rotatable bonds is 5. The summed E-state index contributed by atoms with van der Waals surface area (Å²) in [4.78, 5) is 16.5. The van der Waals surface area contributed by atoms with Gasteiger partial charge in [0.15, 0.2) is 5.82 Å². The number of pyridine rings is 1. The van der Waals surface area contributed by atoms with Gasteiger partial charge in [0.1, 0.15) is 11.5 Å². The largest absolute Gasteiger partial charge is 0.360 e. The first-order chi connectivity index (χ1) is 12.1. The van der Waals surface area contributed by atoms with Gasteiger partial charge < -0.3 is 15.2 Å². The normalized spacial score (nSPS) is 10.5. The molecule has 0 spiro atoms. The summed E-state index contributed by atoms with van der Waals surface area (Å²) in [7, 11) is 0. The van der Waals surface area contributed by atoms with Crippen molar-refractivity contribution in [2.24, 2.45) is 0 Å². The van der Waals surface area contributed by atoms with E-state index >= 15 is 0 Å². The van der Waals surface area contributed by atoms with Crippen LogP contribution in [0.1, 0.15) is 34.3 Å². The van der Waals surface area contributed by atoms with Crippen LogP contribution in [0.5, 0.6) is 0 Å². The van der Waals surface area contributed by atoms with E-state index in [2.05, 4.69) is 46.8 Å². The van der Waals surface area contributed by atoms with E-state index in [4.69, 9.17) is 4.52 Å². The lowest BCUT2D eigenvalue weighted by molar-refractivity contribution is 0.102. The topological polar surface area (TPSA) is 80.0 Å². The van der Waals surface area contributed by atoms with Crippen LogP contribution in [-0.4, -0.2) is 16.0 Å². The molecular weight excluding hydrogens is 316 g/mol. The van der Waals surface area contributed by atoms with Gasteiger partial charge in [-0.25, -0.2) is 0 Å². The lowest BCUT2D eigenvalue weighted by Crippen LogP contribution is -2.14. The smallest absolute Gasteiger partial charge is 0.275 e. The fraction of sp³-hybridized carbons (Fsp3) is 0.211. The number of carbonyl (C=O) groups excluding carboxylic acids is 1. The Labute approximate surface area is 146 Å². The van der Waals surface area contributed by atoms with Gasteiger partial charge in [-0.2, -0.15) is 0 Å². The van der Waals surface area contributed by atoms with Gasteiger partial charge in [-0.15, -0.1) is 0 Å². The van der Waals surface area contributed by atoms with Crippen LogP contribution >= 0.6 is 0 Å². The second-order valence-electron chi connectivity index (χ2n) is 5.79. The van der Waals surface area contributed by atoms with Gasteiger partial charge in [-0.05, 0) is 43.5 Å². The van der Waals surface area contributed by atoms with Crippen LogP contribution in [0.2, 0.25) is 0 Å². The third-order valence-electron chi connectivity index (χ3n) is 3.87. The summed E-state index contributed by atoms with van der Waals surface area (Å²) in [6.07, 6.45) is 2.53. The summed E-state index contributed by atoms with van der Waals surface area (Å²) < 4.78 is 4.95. The maximum atomic E-state index is 12.3. The first-order valence-electron chi connectivity index (χ1n) is 8.13. The van der Waals surface area contributed by atoms with E-state index in [9.17, 15) is 4.79 Å². The minimum absolute atomic E-state index is 0.303. The molecule has 0 saturated carbocycles. The fourth-order valence-electron chi connectivity index (χ4n) is 2.58. The van der Waals surface area contributed by atoms with E-state index in [0.717, 1.165) is 23.4 Å². The lowest BCUT2D eigenvalue weighted by Gasteiger charge is -2.14. The molecule has 1 amide bonds. The third-order valence-corrected chi connectivity index (χ3v) is 3.87. The number of benzene rings is 1. The third kappa shape index (κ3) is 3.85. The molecule has 3 aromatic rings. The molecule has 0 unspecified atom stereocenters. The number of aromatic nitrogens is 2. The van der Waals surface area contributed by atoms with Crippen molar-refractivity contribution in [1.29, 1.82) is 0 Å². The molecular formula is C19H20N4O2. The summed E-state index contributed by atoms with van der Waals surface area (Å²) in [5.41, 5.74) is 4.55. The molecule has 0 aliphatic carbocycles. The molecule has 1 aromatic carbocycles. The average Bonchev–Trinajstić information content (AvgIpc) is 3.01. The molecule has 0 bridgehead atoms. The van der Waals surface area contributed by atoms with E-state index in [-0.39, 0.29) is 5.91 Å². The zero-order valence-corrected chi connectivity index (χ0v) is 14.5. The van der Waals surface area contributed by atoms with Gasteiger partial charge in [0, 0.05) is 23.6 Å². The van der Waals surface area contributed by atoms with E-state index in [0.29, 0.717) is 17.3 Å². The Morgan fingerprint density at radius 2 is 2.04 bits per heavy atom. The highest BCUT2D eigenvalue weighted by molar-refractivity contribution is 6.02. The van der Waals surface area contributed by atoms with Crippen molar-refractivity contribution in [1.82, 2.24) is 10.1 Å². The Bertz CT molecular complexity index is 902. The number of hydrogen-bond donors (Lipinski definition) is 2. The second-order valence-corrected chi connectivity index (χ2v) is 5.79. The molecule has 6 nitrogen and oxygen atoms in total. The number of anilines is 3. The Morgan fingerprint density at radius 1 is 1.20 bits per heavy atom. The molecule has 6 heteroatoms. The van der Waals surface area contributed by atoms with Crippen LogP contribution in [0, 0.1) is 13.8 Å². The maximum absolute atomic E-state index is 12.3. The highest BCUT2D eigenvalue weighted by Gasteiger charge is 2.12. The molecule has 0 aliphatic heterocycles. The van der Waals surface area contributed by atoms with Crippen molar-refractivity contribution in [2.45, 2.75) is 27.2 Å². The van der Waals surface area contributed by atoms with Crippen LogP contribution in [0.4, 0.5) is 17.2 Å². The van der Waals surface area contributed by atoms with E-state index in [1.165, 1.54) is 5.56 Å². The number of nitrogens with zero attached hydrogens (tertiary/aromatic N) is 2. The van der Waals surface area contributed by atoms with Gasteiger partial charge >= 0.3 is 0 Å². The summed E-state index contributed by atoms with van der Waals surface area (Å²) in [5.74, 6) is 0.664. The van der Waals surface area contributed by atoms with E-state index < -0.39 is 0 Å². The SMILES string of the molecule is CCc1cccc(C)c1Nc1ccnc(C(=O)Nc2cc(C)on2)c1. The number of carbonyl (C=O) groups is 1. The molecule has 25 heavy (non-hydrogen) atoms. The van der Waals surface area contributed by atoms with Crippen molar-refractivity contribution < 1.29 is 9.32 Å². The first kappa shape index (κ1) is 16.7. The summed E-state index contributed by atoms with van der Waals surface area (Å²) in [5, 5.41) is 9.83. The van der Waals surface area contributed by atoms with Crippen LogP contribution in [0.3, 0.4) is 0 Å². The van der Waals surface area contributed by atoms with Crippen LogP contribution in [0.15, 0.2) is 47.1 Å². The standard InChI is InChI=1S/C19H20N4O2/c1-4-14-7-5-6-12(2)18(14)21-15-8-9-20-16(11-15)19(24)22-17-10-13(3)25-23-17/h5-11H,4H2,1-3H3,(H,20,21)(H,22,23,24). The van der Waals surface area contributed by atoms with Gasteiger partial charge in [0.25, 0.3) is 5.91 Å². The number of aryl methyl sites for hydroxylation is 3. The van der Waals surface area contributed by atoms with Gasteiger partial charge in [-0.3, -0.25) is 9.78 Å². The fourth-order valence-corrected chi connectivity index (χ4v) is 2.58. The Morgan fingerprint density at radius 3 is 2.76 bits per heavy atom. The lowest BCUT2D eigenvalue weighted by atomic mass is 10.1. The van der Waals surface area contributed by atoms with E-state index in [1.54, 1.807) is 25.3 Å². The maximum Gasteiger partial charge on any atom is 0.275 e. The predicted octanol–water partition coefficient (Wildman–Crippen LogP) is 4.24. The van der Waals surface area contributed by atoms with Crippen molar-refractivity contribution in [3.05, 3.63) is 65.2 Å². The molecule has 0 saturated heterocycles.